The molecule has 1 saturated carbocycles. The SMILES string of the molecule is CNCCCC(=O)N1CC2(CC2)c2ccccc21. The zero-order chi connectivity index (χ0) is 12.6. The summed E-state index contributed by atoms with van der Waals surface area (Å²) >= 11 is 0. The number of fused-ring (bicyclic) bond motifs is 2. The first kappa shape index (κ1) is 11.7. The van der Waals surface area contributed by atoms with E-state index in [1.165, 1.54) is 18.4 Å². The number of nitrogens with zero attached hydrogens (tertiary/aromatic N) is 1. The molecule has 1 heterocycles. The molecule has 18 heavy (non-hydrogen) atoms. The van der Waals surface area contributed by atoms with Crippen LogP contribution in [0.1, 0.15) is 31.2 Å². The Balaban J connectivity index is 1.77. The lowest BCUT2D eigenvalue weighted by Gasteiger charge is -2.17. The molecule has 0 saturated heterocycles. The third-order valence-corrected chi connectivity index (χ3v) is 4.20. The fourth-order valence-corrected chi connectivity index (χ4v) is 2.98. The van der Waals surface area contributed by atoms with E-state index in [4.69, 9.17) is 0 Å². The molecule has 2 aliphatic rings. The number of hydrogen-bond acceptors (Lipinski definition) is 2. The summed E-state index contributed by atoms with van der Waals surface area (Å²) in [5.74, 6) is 0.279. The molecule has 1 amide bonds. The Labute approximate surface area is 108 Å². The second kappa shape index (κ2) is 4.39. The summed E-state index contributed by atoms with van der Waals surface area (Å²) in [6.07, 6.45) is 4.04. The van der Waals surface area contributed by atoms with Crippen LogP contribution in [0, 0.1) is 0 Å². The van der Waals surface area contributed by atoms with Crippen LogP contribution in [0.4, 0.5) is 5.69 Å². The van der Waals surface area contributed by atoms with E-state index < -0.39 is 0 Å². The van der Waals surface area contributed by atoms with Gasteiger partial charge in [0.25, 0.3) is 0 Å². The monoisotopic (exact) mass is 244 g/mol. The fourth-order valence-electron chi connectivity index (χ4n) is 2.98. The summed E-state index contributed by atoms with van der Waals surface area (Å²) in [5, 5.41) is 3.09. The lowest BCUT2D eigenvalue weighted by Crippen LogP contribution is -2.31. The van der Waals surface area contributed by atoms with Crippen LogP contribution in [0.3, 0.4) is 0 Å². The van der Waals surface area contributed by atoms with Crippen molar-refractivity contribution in [2.24, 2.45) is 0 Å². The number of para-hydroxylation sites is 1. The van der Waals surface area contributed by atoms with Gasteiger partial charge in [-0.15, -0.1) is 0 Å². The Morgan fingerprint density at radius 2 is 2.17 bits per heavy atom. The molecular formula is C15H20N2O. The van der Waals surface area contributed by atoms with Crippen molar-refractivity contribution < 1.29 is 4.79 Å². The first-order valence-electron chi connectivity index (χ1n) is 6.81. The van der Waals surface area contributed by atoms with Gasteiger partial charge in [0.2, 0.25) is 5.91 Å². The molecule has 3 nitrogen and oxygen atoms in total. The number of benzene rings is 1. The zero-order valence-corrected chi connectivity index (χ0v) is 10.9. The number of rotatable bonds is 4. The summed E-state index contributed by atoms with van der Waals surface area (Å²) in [6.45, 7) is 1.82. The van der Waals surface area contributed by atoms with E-state index >= 15 is 0 Å². The molecule has 0 bridgehead atoms. The van der Waals surface area contributed by atoms with Crippen LogP contribution in [-0.4, -0.2) is 26.0 Å². The second-order valence-electron chi connectivity index (χ2n) is 5.48. The van der Waals surface area contributed by atoms with Crippen molar-refractivity contribution in [2.75, 3.05) is 25.0 Å². The molecule has 1 spiro atoms. The van der Waals surface area contributed by atoms with Gasteiger partial charge in [-0.25, -0.2) is 0 Å². The number of amides is 1. The number of hydrogen-bond donors (Lipinski definition) is 1. The normalized spacial score (nSPS) is 19.1. The summed E-state index contributed by atoms with van der Waals surface area (Å²) in [6, 6.07) is 8.42. The van der Waals surface area contributed by atoms with E-state index in [-0.39, 0.29) is 5.91 Å². The minimum atomic E-state index is 0.279. The maximum absolute atomic E-state index is 12.3. The van der Waals surface area contributed by atoms with Gasteiger partial charge in [-0.2, -0.15) is 0 Å². The maximum atomic E-state index is 12.3. The molecule has 0 unspecified atom stereocenters. The van der Waals surface area contributed by atoms with Gasteiger partial charge in [0.15, 0.2) is 0 Å². The minimum absolute atomic E-state index is 0.279. The highest BCUT2D eigenvalue weighted by Gasteiger charge is 2.52. The zero-order valence-electron chi connectivity index (χ0n) is 10.9. The van der Waals surface area contributed by atoms with E-state index in [9.17, 15) is 4.79 Å². The van der Waals surface area contributed by atoms with Gasteiger partial charge in [0, 0.05) is 24.1 Å². The van der Waals surface area contributed by atoms with Crippen molar-refractivity contribution in [2.45, 2.75) is 31.1 Å². The Hall–Kier alpha value is -1.35. The van der Waals surface area contributed by atoms with Gasteiger partial charge in [-0.1, -0.05) is 18.2 Å². The molecule has 0 aromatic heterocycles. The van der Waals surface area contributed by atoms with Crippen LogP contribution >= 0.6 is 0 Å². The molecule has 1 aliphatic carbocycles. The average molecular weight is 244 g/mol. The summed E-state index contributed by atoms with van der Waals surface area (Å²) in [4.78, 5) is 14.3. The van der Waals surface area contributed by atoms with Crippen LogP contribution in [0.15, 0.2) is 24.3 Å². The van der Waals surface area contributed by atoms with Crippen LogP contribution in [0.25, 0.3) is 0 Å². The second-order valence-corrected chi connectivity index (χ2v) is 5.48. The van der Waals surface area contributed by atoms with Crippen molar-refractivity contribution in [1.29, 1.82) is 0 Å². The molecule has 1 aliphatic heterocycles. The Morgan fingerprint density at radius 1 is 1.39 bits per heavy atom. The quantitative estimate of drug-likeness (QED) is 0.822. The molecule has 1 aromatic rings. The molecule has 3 rings (SSSR count). The Morgan fingerprint density at radius 3 is 2.89 bits per heavy atom. The molecule has 96 valence electrons. The summed E-state index contributed by atoms with van der Waals surface area (Å²) in [7, 11) is 1.93. The first-order valence-corrected chi connectivity index (χ1v) is 6.81. The molecule has 1 N–H and O–H groups in total. The topological polar surface area (TPSA) is 32.3 Å². The van der Waals surface area contributed by atoms with Crippen LogP contribution in [0.2, 0.25) is 0 Å². The predicted molar refractivity (Wildman–Crippen MR) is 72.9 cm³/mol. The van der Waals surface area contributed by atoms with E-state index in [1.807, 2.05) is 18.0 Å². The van der Waals surface area contributed by atoms with Crippen molar-refractivity contribution >= 4 is 11.6 Å². The van der Waals surface area contributed by atoms with Crippen LogP contribution < -0.4 is 10.2 Å². The molecule has 0 atom stereocenters. The molecule has 0 radical (unpaired) electrons. The minimum Gasteiger partial charge on any atom is -0.320 e. The third kappa shape index (κ3) is 1.83. The van der Waals surface area contributed by atoms with Gasteiger partial charge in [0.1, 0.15) is 0 Å². The number of carbonyl (C=O) groups excluding carboxylic acids is 1. The maximum Gasteiger partial charge on any atom is 0.227 e. The largest absolute Gasteiger partial charge is 0.320 e. The van der Waals surface area contributed by atoms with Crippen molar-refractivity contribution in [3.63, 3.8) is 0 Å². The first-order chi connectivity index (χ1) is 8.77. The highest BCUT2D eigenvalue weighted by atomic mass is 16.2. The molecule has 1 aromatic carbocycles. The van der Waals surface area contributed by atoms with Crippen molar-refractivity contribution in [1.82, 2.24) is 5.32 Å². The summed E-state index contributed by atoms with van der Waals surface area (Å²) < 4.78 is 0. The van der Waals surface area contributed by atoms with Crippen molar-refractivity contribution in [3.05, 3.63) is 29.8 Å². The fraction of sp³-hybridized carbons (Fsp3) is 0.533. The summed E-state index contributed by atoms with van der Waals surface area (Å²) in [5.41, 5.74) is 2.87. The highest BCUT2D eigenvalue weighted by molar-refractivity contribution is 5.96. The lowest BCUT2D eigenvalue weighted by molar-refractivity contribution is -0.118. The number of carbonyl (C=O) groups is 1. The van der Waals surface area contributed by atoms with E-state index in [0.717, 1.165) is 25.2 Å². The van der Waals surface area contributed by atoms with Crippen LogP contribution in [-0.2, 0) is 10.2 Å². The van der Waals surface area contributed by atoms with Gasteiger partial charge >= 0.3 is 0 Å². The average Bonchev–Trinajstić information content (AvgIpc) is 3.09. The van der Waals surface area contributed by atoms with Crippen molar-refractivity contribution in [3.8, 4) is 0 Å². The Kier molecular flexibility index (Phi) is 2.86. The van der Waals surface area contributed by atoms with Gasteiger partial charge in [-0.3, -0.25) is 4.79 Å². The standard InChI is InChI=1S/C15H20N2O/c1-16-10-4-7-14(18)17-11-15(8-9-15)12-5-2-3-6-13(12)17/h2-3,5-6,16H,4,7-11H2,1H3. The van der Waals surface area contributed by atoms with Gasteiger partial charge in [-0.05, 0) is 44.5 Å². The van der Waals surface area contributed by atoms with E-state index in [2.05, 4.69) is 23.5 Å². The lowest BCUT2D eigenvalue weighted by atomic mass is 9.99. The predicted octanol–water partition coefficient (Wildman–Crippen LogP) is 2.06. The Bertz CT molecular complexity index is 465. The number of anilines is 1. The highest BCUT2D eigenvalue weighted by Crippen LogP contribution is 2.56. The van der Waals surface area contributed by atoms with E-state index in [1.54, 1.807) is 0 Å². The smallest absolute Gasteiger partial charge is 0.227 e. The number of nitrogens with one attached hydrogen (secondary N) is 1. The molecule has 3 heteroatoms. The van der Waals surface area contributed by atoms with Gasteiger partial charge in [0.05, 0.1) is 0 Å². The van der Waals surface area contributed by atoms with E-state index in [0.29, 0.717) is 11.8 Å². The molecular weight excluding hydrogens is 224 g/mol. The van der Waals surface area contributed by atoms with Crippen LogP contribution in [0.5, 0.6) is 0 Å². The molecule has 1 fully saturated rings. The van der Waals surface area contributed by atoms with Gasteiger partial charge < -0.3 is 10.2 Å². The third-order valence-electron chi connectivity index (χ3n) is 4.20.